The molecule has 2 fully saturated rings. The number of hydrogen-bond donors (Lipinski definition) is 0. The van der Waals surface area contributed by atoms with Gasteiger partial charge >= 0.3 is 297 Å². The molecule has 0 bridgehead atoms. The van der Waals surface area contributed by atoms with Crippen LogP contribution >= 0.6 is 0 Å². The summed E-state index contributed by atoms with van der Waals surface area (Å²) in [5.74, 6) is 0. The van der Waals surface area contributed by atoms with Crippen molar-refractivity contribution in [1.82, 2.24) is 0 Å². The minimum atomic E-state index is -1.89. The number of hydrogen-bond acceptors (Lipinski definition) is 0. The van der Waals surface area contributed by atoms with Crippen LogP contribution < -0.4 is 0 Å². The van der Waals surface area contributed by atoms with Crippen LogP contribution in [0.15, 0.2) is 0 Å². The van der Waals surface area contributed by atoms with E-state index in [1.807, 2.05) is 0 Å². The average Bonchev–Trinajstić information content (AvgIpc) is 3.52. The van der Waals surface area contributed by atoms with Crippen molar-refractivity contribution in [2.24, 2.45) is 0 Å². The molecule has 2 rings (SSSR count). The molecule has 2 unspecified atom stereocenters. The summed E-state index contributed by atoms with van der Waals surface area (Å²) in [6.45, 7) is 80.2. The zero-order valence-corrected chi connectivity index (χ0v) is 45.2. The molecule has 0 aliphatic carbocycles. The second-order valence-electron chi connectivity index (χ2n) is 24.7. The molecule has 0 radical (unpaired) electrons. The molecular formula is C36H84Si7Te. The van der Waals surface area contributed by atoms with E-state index in [4.69, 9.17) is 0 Å². The van der Waals surface area contributed by atoms with E-state index >= 15 is 0 Å². The number of rotatable bonds is 4. The predicted molar refractivity (Wildman–Crippen MR) is 227 cm³/mol. The summed E-state index contributed by atoms with van der Waals surface area (Å²) >= 11 is 0.104. The van der Waals surface area contributed by atoms with E-state index < -0.39 is 44.9 Å². The molecule has 0 spiro atoms. The fraction of sp³-hybridized carbons (Fsp3) is 1.00. The van der Waals surface area contributed by atoms with Crippen LogP contribution in [0.5, 0.6) is 0 Å². The van der Waals surface area contributed by atoms with E-state index in [0.29, 0.717) is 40.3 Å². The van der Waals surface area contributed by atoms with Gasteiger partial charge in [0.1, 0.15) is 0 Å². The van der Waals surface area contributed by atoms with Gasteiger partial charge < -0.3 is 0 Å². The van der Waals surface area contributed by atoms with E-state index in [0.717, 1.165) is 0 Å². The van der Waals surface area contributed by atoms with Crippen LogP contribution in [0.2, 0.25) is 66.5 Å². The second kappa shape index (κ2) is 10.2. The summed E-state index contributed by atoms with van der Waals surface area (Å²) in [6, 6.07) is 0. The van der Waals surface area contributed by atoms with E-state index in [1.165, 1.54) is 0 Å². The molecule has 0 aromatic heterocycles. The summed E-state index contributed by atoms with van der Waals surface area (Å²) in [5, 5.41) is 3.69. The van der Waals surface area contributed by atoms with Crippen LogP contribution in [0, 0.1) is 0 Å². The molecule has 44 heavy (non-hydrogen) atoms. The van der Waals surface area contributed by atoms with Gasteiger partial charge in [-0.3, -0.25) is 0 Å². The van der Waals surface area contributed by atoms with Gasteiger partial charge in [-0.05, 0) is 0 Å². The van der Waals surface area contributed by atoms with Crippen molar-refractivity contribution >= 4 is 64.2 Å². The Labute approximate surface area is 294 Å². The van der Waals surface area contributed by atoms with Gasteiger partial charge in [-0.15, -0.1) is 0 Å². The third kappa shape index (κ3) is 4.28. The Morgan fingerprint density at radius 1 is 0.273 bits per heavy atom. The molecule has 0 aromatic rings. The second-order valence-corrected chi connectivity index (χ2v) is 139. The third-order valence-electron chi connectivity index (χ3n) is 16.7. The van der Waals surface area contributed by atoms with Crippen molar-refractivity contribution in [3.63, 3.8) is 0 Å². The van der Waals surface area contributed by atoms with Crippen molar-refractivity contribution in [2.45, 2.75) is 233 Å². The predicted octanol–water partition coefficient (Wildman–Crippen LogP) is 13.3. The zero-order valence-electron chi connectivity index (χ0n) is 35.9. The molecule has 0 N–H and O–H groups in total. The molecule has 2 aliphatic heterocycles. The Morgan fingerprint density at radius 2 is 0.409 bits per heavy atom. The van der Waals surface area contributed by atoms with Gasteiger partial charge in [-0.2, -0.15) is 0 Å². The summed E-state index contributed by atoms with van der Waals surface area (Å²) in [6.07, 6.45) is -1.78. The van der Waals surface area contributed by atoms with E-state index in [1.54, 1.807) is 0 Å². The third-order valence-corrected chi connectivity index (χ3v) is 351. The fourth-order valence-corrected chi connectivity index (χ4v) is 836. The Hall–Kier alpha value is 2.31. The quantitative estimate of drug-likeness (QED) is 0.247. The molecule has 0 saturated carbocycles. The molecule has 262 valence electrons. The standard InChI is InChI=1S/C36H84Si7Te/c1-29(2,3)37(25,30(4,5)6)41(38(26,31(7,8)9)32(10,11)12)42(39(27,33(13,14)15)34(16,17)18)43(41,44-42)40(28,35(19,20)21)36(22,23)24/h1-28H3. The van der Waals surface area contributed by atoms with Crippen LogP contribution in [-0.4, -0.2) is 64.2 Å². The van der Waals surface area contributed by atoms with Gasteiger partial charge in [0.15, 0.2) is 0 Å². The molecule has 0 nitrogen and oxygen atoms in total. The topological polar surface area (TPSA) is 0 Å². The normalized spacial score (nSPS) is 26.5. The fourth-order valence-electron chi connectivity index (χ4n) is 13.2. The summed E-state index contributed by atoms with van der Waals surface area (Å²) in [7, 11) is -7.29. The van der Waals surface area contributed by atoms with Gasteiger partial charge in [0.25, 0.3) is 0 Å². The van der Waals surface area contributed by atoms with E-state index in [9.17, 15) is 0 Å². The molecule has 2 aliphatic rings. The van der Waals surface area contributed by atoms with Gasteiger partial charge in [0.2, 0.25) is 0 Å². The van der Waals surface area contributed by atoms with Crippen molar-refractivity contribution in [2.75, 3.05) is 0 Å². The Balaban J connectivity index is 3.76. The van der Waals surface area contributed by atoms with Crippen LogP contribution in [0.25, 0.3) is 0 Å². The van der Waals surface area contributed by atoms with Crippen LogP contribution in [0.3, 0.4) is 0 Å². The molecule has 8 heteroatoms. The summed E-state index contributed by atoms with van der Waals surface area (Å²) in [4.78, 5) is 0. The first-order chi connectivity index (χ1) is 18.5. The molecule has 0 aromatic carbocycles. The number of fused-ring (bicyclic) bond motifs is 1. The minimum absolute atomic E-state index is 0.104. The summed E-state index contributed by atoms with van der Waals surface area (Å²) in [5.41, 5.74) is 0. The van der Waals surface area contributed by atoms with Gasteiger partial charge in [0.05, 0.1) is 0 Å². The first-order valence-corrected chi connectivity index (χ1v) is 48.0. The summed E-state index contributed by atoms with van der Waals surface area (Å²) < 4.78 is -3.06. The van der Waals surface area contributed by atoms with Crippen molar-refractivity contribution in [3.05, 3.63) is 0 Å². The monoisotopic (exact) mass is 842 g/mol. The average molecular weight is 841 g/mol. The van der Waals surface area contributed by atoms with Crippen LogP contribution in [0.4, 0.5) is 0 Å². The first kappa shape index (κ1) is 42.5. The van der Waals surface area contributed by atoms with Crippen LogP contribution in [-0.2, 0) is 0 Å². The molecule has 2 saturated heterocycles. The van der Waals surface area contributed by atoms with E-state index in [2.05, 4.69) is 192 Å². The molecule has 2 atom stereocenters. The van der Waals surface area contributed by atoms with Crippen molar-refractivity contribution in [1.29, 1.82) is 0 Å². The maximum absolute atomic E-state index is 3.17. The maximum atomic E-state index is 3.17. The van der Waals surface area contributed by atoms with Gasteiger partial charge in [-0.1, -0.05) is 0 Å². The molecule has 0 amide bonds. The van der Waals surface area contributed by atoms with Crippen molar-refractivity contribution in [3.8, 4) is 0 Å². The Kier molecular flexibility index (Phi) is 9.86. The SMILES string of the molecule is CC(C)(C)[Si](C)(C(C)(C)C)[Si]12[Te][Si]1([Si](C)(C(C)(C)C)C(C)(C)C)[Si]2([Si](C)(C(C)(C)C)C(C)(C)C)[Si](C)(C(C)(C)C)C(C)(C)C. The first-order valence-electron chi connectivity index (χ1n) is 18.2. The molecular weight excluding hydrogens is 757 g/mol. The zero-order chi connectivity index (χ0) is 36.2. The van der Waals surface area contributed by atoms with Crippen LogP contribution in [0.1, 0.15) is 166 Å². The Bertz CT molecular complexity index is 987. The van der Waals surface area contributed by atoms with Gasteiger partial charge in [-0.25, -0.2) is 0 Å². The van der Waals surface area contributed by atoms with E-state index in [-0.39, 0.29) is 19.3 Å². The molecule has 2 heterocycles. The van der Waals surface area contributed by atoms with Crippen molar-refractivity contribution < 1.29 is 0 Å². The van der Waals surface area contributed by atoms with Gasteiger partial charge in [0, 0.05) is 0 Å². The Morgan fingerprint density at radius 3 is 0.523 bits per heavy atom.